The van der Waals surface area contributed by atoms with Crippen LogP contribution in [0.5, 0.6) is 0 Å². The zero-order valence-electron chi connectivity index (χ0n) is 7.08. The highest BCUT2D eigenvalue weighted by Crippen LogP contribution is 2.27. The van der Waals surface area contributed by atoms with Crippen molar-refractivity contribution in [1.29, 1.82) is 0 Å². The summed E-state index contributed by atoms with van der Waals surface area (Å²) in [5, 5.41) is 0. The number of fused-ring (bicyclic) bond motifs is 1. The van der Waals surface area contributed by atoms with Crippen LogP contribution in [0.2, 0.25) is 0 Å². The molecule has 76 valence electrons. The Balaban J connectivity index is 2.21. The number of aromatic amines is 1. The van der Waals surface area contributed by atoms with Crippen LogP contribution in [-0.2, 0) is 4.79 Å². The summed E-state index contributed by atoms with van der Waals surface area (Å²) in [5.41, 5.74) is 0. The number of ketones is 1. The molecular weight excluding hydrogens is 243 g/mol. The van der Waals surface area contributed by atoms with Crippen LogP contribution < -0.4 is 9.36 Å². The Labute approximate surface area is 84.3 Å². The normalized spacial score (nSPS) is 22.3. The van der Waals surface area contributed by atoms with E-state index in [1.54, 1.807) is 4.26 Å². The molecule has 1 aromatic rings. The Morgan fingerprint density at radius 3 is 3.57 bits per heavy atom. The molecule has 0 aromatic carbocycles. The summed E-state index contributed by atoms with van der Waals surface area (Å²) in [5.74, 6) is -0.160. The van der Waals surface area contributed by atoms with E-state index < -0.39 is 14.2 Å². The summed E-state index contributed by atoms with van der Waals surface area (Å²) in [6, 6.07) is 0. The minimum atomic E-state index is -0.922. The predicted octanol–water partition coefficient (Wildman–Crippen LogP) is 0.928. The molecule has 3 unspecified atom stereocenters. The third kappa shape index (κ3) is 2.00. The average molecular weight is 251 g/mol. The van der Waals surface area contributed by atoms with Gasteiger partial charge in [0.1, 0.15) is 8.51 Å². The molecular formula is C5H8N3O3P3. The van der Waals surface area contributed by atoms with Gasteiger partial charge in [0.2, 0.25) is 8.08 Å². The number of carbonyl (C=O) groups is 1. The van der Waals surface area contributed by atoms with E-state index in [-0.39, 0.29) is 20.9 Å². The second-order valence-corrected chi connectivity index (χ2v) is 6.39. The van der Waals surface area contributed by atoms with Crippen LogP contribution in [0.3, 0.4) is 0 Å². The SMILES string of the molecule is C=CC(=O)C1COp2[nH]pn[pH]n2O1. The molecule has 0 saturated heterocycles. The van der Waals surface area contributed by atoms with Crippen molar-refractivity contribution in [2.24, 2.45) is 0 Å². The van der Waals surface area contributed by atoms with Gasteiger partial charge in [0.25, 0.3) is 0 Å². The maximum Gasteiger partial charge on any atom is 0.207 e. The summed E-state index contributed by atoms with van der Waals surface area (Å²) in [4.78, 5) is 16.7. The first-order chi connectivity index (χ1) is 6.81. The molecule has 1 aromatic heterocycles. The molecule has 0 bridgehead atoms. The smallest absolute Gasteiger partial charge is 0.207 e. The summed E-state index contributed by atoms with van der Waals surface area (Å²) < 4.78 is 14.1. The van der Waals surface area contributed by atoms with Gasteiger partial charge in [0.15, 0.2) is 11.9 Å². The van der Waals surface area contributed by atoms with Crippen molar-refractivity contribution < 1.29 is 14.2 Å². The van der Waals surface area contributed by atoms with E-state index in [1.807, 2.05) is 0 Å². The first-order valence-corrected chi connectivity index (χ1v) is 6.74. The van der Waals surface area contributed by atoms with Crippen LogP contribution in [0.1, 0.15) is 0 Å². The summed E-state index contributed by atoms with van der Waals surface area (Å²) in [6.45, 7) is 3.68. The van der Waals surface area contributed by atoms with Crippen LogP contribution >= 0.6 is 25.1 Å². The van der Waals surface area contributed by atoms with Gasteiger partial charge in [-0.2, -0.15) is 4.51 Å². The Kier molecular flexibility index (Phi) is 3.22. The maximum absolute atomic E-state index is 11.2. The van der Waals surface area contributed by atoms with E-state index in [2.05, 4.69) is 15.6 Å². The van der Waals surface area contributed by atoms with Gasteiger partial charge in [-0.1, -0.05) is 6.58 Å². The Morgan fingerprint density at radius 1 is 1.93 bits per heavy atom. The van der Waals surface area contributed by atoms with Gasteiger partial charge >= 0.3 is 0 Å². The number of hydrogen-bond acceptors (Lipinski definition) is 4. The Morgan fingerprint density at radius 2 is 2.79 bits per heavy atom. The largest absolute Gasteiger partial charge is 0.300 e. The molecule has 0 amide bonds. The predicted molar refractivity (Wildman–Crippen MR) is 55.9 cm³/mol. The molecule has 1 aliphatic heterocycles. The van der Waals surface area contributed by atoms with Crippen LogP contribution in [0.25, 0.3) is 0 Å². The quantitative estimate of drug-likeness (QED) is 0.794. The van der Waals surface area contributed by atoms with E-state index in [4.69, 9.17) is 9.36 Å². The first kappa shape index (κ1) is 10.2. The summed E-state index contributed by atoms with van der Waals surface area (Å²) in [6.07, 6.45) is 0.683. The van der Waals surface area contributed by atoms with Crippen molar-refractivity contribution in [3.05, 3.63) is 12.7 Å². The number of nitrogens with zero attached hydrogens (tertiary/aromatic N) is 2. The van der Waals surface area contributed by atoms with E-state index in [0.29, 0.717) is 0 Å². The highest BCUT2D eigenvalue weighted by molar-refractivity contribution is 7.50. The zero-order valence-corrected chi connectivity index (χ0v) is 9.87. The third-order valence-corrected chi connectivity index (χ3v) is 5.28. The molecule has 1 N–H and O–H groups in total. The lowest BCUT2D eigenvalue weighted by Gasteiger charge is -2.22. The molecule has 6 nitrogen and oxygen atoms in total. The van der Waals surface area contributed by atoms with E-state index in [0.717, 1.165) is 8.51 Å². The second kappa shape index (κ2) is 4.43. The fourth-order valence-corrected chi connectivity index (χ4v) is 4.85. The van der Waals surface area contributed by atoms with Gasteiger partial charge in [-0.3, -0.25) is 13.8 Å². The Bertz CT molecular complexity index is 387. The third-order valence-electron chi connectivity index (χ3n) is 1.57. The first-order valence-electron chi connectivity index (χ1n) is 3.78. The topological polar surface area (TPSA) is 69.1 Å². The lowest BCUT2D eigenvalue weighted by molar-refractivity contribution is -0.127. The van der Waals surface area contributed by atoms with Crippen LogP contribution in [0.4, 0.5) is 0 Å². The molecule has 2 rings (SSSR count). The number of rotatable bonds is 2. The number of carbonyl (C=O) groups excluding carboxylic acids is 1. The van der Waals surface area contributed by atoms with Gasteiger partial charge in [-0.25, -0.2) is 4.84 Å². The van der Waals surface area contributed by atoms with Crippen molar-refractivity contribution in [2.45, 2.75) is 6.10 Å². The molecule has 0 fully saturated rings. The van der Waals surface area contributed by atoms with Crippen LogP contribution in [0, 0.1) is 0 Å². The van der Waals surface area contributed by atoms with Gasteiger partial charge in [0.05, 0.1) is 15.1 Å². The van der Waals surface area contributed by atoms with E-state index in [1.165, 1.54) is 6.08 Å². The molecule has 2 heterocycles. The molecule has 0 aliphatic carbocycles. The Hall–Kier alpha value is -0.370. The average Bonchev–Trinajstić information content (AvgIpc) is 2.27. The molecule has 0 radical (unpaired) electrons. The molecule has 1 aliphatic rings. The summed E-state index contributed by atoms with van der Waals surface area (Å²) >= 11 is 0. The van der Waals surface area contributed by atoms with Crippen molar-refractivity contribution in [1.82, 2.24) is 13.3 Å². The highest BCUT2D eigenvalue weighted by atomic mass is 31.2. The van der Waals surface area contributed by atoms with Gasteiger partial charge in [0, 0.05) is 0 Å². The molecule has 9 heteroatoms. The zero-order chi connectivity index (χ0) is 9.97. The van der Waals surface area contributed by atoms with Crippen molar-refractivity contribution in [3.8, 4) is 0 Å². The highest BCUT2D eigenvalue weighted by Gasteiger charge is 2.24. The van der Waals surface area contributed by atoms with Crippen molar-refractivity contribution in [2.75, 3.05) is 6.61 Å². The molecule has 14 heavy (non-hydrogen) atoms. The monoisotopic (exact) mass is 251 g/mol. The minimum absolute atomic E-state index is 0.160. The summed E-state index contributed by atoms with van der Waals surface area (Å²) in [7, 11) is 0.0798. The number of hydrogen-bond donors (Lipinski definition) is 1. The van der Waals surface area contributed by atoms with Crippen LogP contribution in [-0.4, -0.2) is 31.8 Å². The number of nitrogens with one attached hydrogen (secondary N) is 1. The van der Waals surface area contributed by atoms with Crippen molar-refractivity contribution in [3.63, 3.8) is 0 Å². The van der Waals surface area contributed by atoms with Crippen LogP contribution in [0.15, 0.2) is 12.7 Å². The molecule has 0 spiro atoms. The van der Waals surface area contributed by atoms with E-state index >= 15 is 0 Å². The van der Waals surface area contributed by atoms with Gasteiger partial charge < -0.3 is 0 Å². The van der Waals surface area contributed by atoms with Gasteiger partial charge in [-0.05, 0) is 6.08 Å². The van der Waals surface area contributed by atoms with Crippen molar-refractivity contribution >= 4 is 30.9 Å². The number of aromatic nitrogens is 3. The lowest BCUT2D eigenvalue weighted by atomic mass is 10.2. The molecule has 3 atom stereocenters. The molecule has 0 saturated carbocycles. The maximum atomic E-state index is 11.2. The second-order valence-electron chi connectivity index (χ2n) is 2.44. The number of H-pyrrole nitrogens is 1. The van der Waals surface area contributed by atoms with Gasteiger partial charge in [-0.15, -0.1) is 4.26 Å². The lowest BCUT2D eigenvalue weighted by Crippen LogP contribution is -2.39. The fourth-order valence-electron chi connectivity index (χ4n) is 0.905. The standard InChI is InChI=1S/C5H8N3O3P3/c1-2-4(9)5-3-10-14-7-12-6-13-8(14)11-5/h2,5,13H,1,3H2,(H,6,7). The fraction of sp³-hybridized carbons (Fsp3) is 0.400. The van der Waals surface area contributed by atoms with E-state index in [9.17, 15) is 4.79 Å². The minimum Gasteiger partial charge on any atom is -0.300 e.